The first-order chi connectivity index (χ1) is 7.20. The van der Waals surface area contributed by atoms with Gasteiger partial charge in [-0.3, -0.25) is 4.79 Å². The maximum Gasteiger partial charge on any atom is 0.251 e. The Balaban J connectivity index is 2.35. The molecule has 2 rings (SSSR count). The Bertz CT molecular complexity index is 426. The number of ether oxygens (including phenoxy) is 1. The van der Waals surface area contributed by atoms with Crippen LogP contribution in [0.1, 0.15) is 0 Å². The number of amides is 1. The Morgan fingerprint density at radius 2 is 2.20 bits per heavy atom. The van der Waals surface area contributed by atoms with Gasteiger partial charge in [-0.1, -0.05) is 6.08 Å². The Labute approximate surface area is 87.4 Å². The van der Waals surface area contributed by atoms with Gasteiger partial charge in [0.05, 0.1) is 12.8 Å². The largest absolute Gasteiger partial charge is 0.508 e. The number of nitrogens with zero attached hydrogens (tertiary/aromatic N) is 1. The van der Waals surface area contributed by atoms with Gasteiger partial charge in [-0.2, -0.15) is 0 Å². The Morgan fingerprint density at radius 1 is 1.40 bits per heavy atom. The zero-order valence-electron chi connectivity index (χ0n) is 8.30. The van der Waals surface area contributed by atoms with E-state index in [4.69, 9.17) is 4.74 Å². The molecule has 0 radical (unpaired) electrons. The van der Waals surface area contributed by atoms with Crippen LogP contribution < -0.4 is 9.64 Å². The molecule has 1 aromatic carbocycles. The first kappa shape index (κ1) is 9.58. The topological polar surface area (TPSA) is 49.8 Å². The molecule has 1 aliphatic rings. The minimum absolute atomic E-state index is 0.0809. The summed E-state index contributed by atoms with van der Waals surface area (Å²) >= 11 is 0. The summed E-state index contributed by atoms with van der Waals surface area (Å²) in [4.78, 5) is 13.0. The number of anilines is 1. The van der Waals surface area contributed by atoms with Gasteiger partial charge in [0.25, 0.3) is 5.91 Å². The van der Waals surface area contributed by atoms with Gasteiger partial charge in [0.15, 0.2) is 0 Å². The summed E-state index contributed by atoms with van der Waals surface area (Å²) in [7, 11) is 1.52. The van der Waals surface area contributed by atoms with E-state index in [-0.39, 0.29) is 11.7 Å². The summed E-state index contributed by atoms with van der Waals surface area (Å²) in [6, 6.07) is 4.75. The first-order valence-electron chi connectivity index (χ1n) is 4.57. The Kier molecular flexibility index (Phi) is 2.33. The zero-order valence-corrected chi connectivity index (χ0v) is 8.30. The lowest BCUT2D eigenvalue weighted by molar-refractivity contribution is -0.113. The predicted molar refractivity (Wildman–Crippen MR) is 56.2 cm³/mol. The van der Waals surface area contributed by atoms with Crippen LogP contribution in [-0.4, -0.2) is 24.7 Å². The van der Waals surface area contributed by atoms with Gasteiger partial charge in [-0.15, -0.1) is 0 Å². The maximum atomic E-state index is 11.4. The van der Waals surface area contributed by atoms with Gasteiger partial charge in [-0.25, -0.2) is 0 Å². The van der Waals surface area contributed by atoms with Crippen LogP contribution in [0, 0.1) is 0 Å². The second-order valence-electron chi connectivity index (χ2n) is 3.24. The Morgan fingerprint density at radius 3 is 2.80 bits per heavy atom. The molecule has 1 amide bonds. The van der Waals surface area contributed by atoms with Crippen molar-refractivity contribution in [2.24, 2.45) is 0 Å². The molecule has 0 aliphatic carbocycles. The number of hydrogen-bond donors (Lipinski definition) is 1. The summed E-state index contributed by atoms with van der Waals surface area (Å²) < 4.78 is 5.01. The van der Waals surface area contributed by atoms with Gasteiger partial charge in [0.1, 0.15) is 11.5 Å². The average Bonchev–Trinajstić information content (AvgIpc) is 2.63. The van der Waals surface area contributed by atoms with Gasteiger partial charge < -0.3 is 14.7 Å². The number of methoxy groups -OCH3 is 1. The summed E-state index contributed by atoms with van der Waals surface area (Å²) in [5, 5.41) is 9.43. The molecule has 0 saturated heterocycles. The minimum Gasteiger partial charge on any atom is -0.508 e. The number of carbonyl (C=O) groups excluding carboxylic acids is 1. The molecule has 15 heavy (non-hydrogen) atoms. The molecular weight excluding hydrogens is 194 g/mol. The van der Waals surface area contributed by atoms with Crippen LogP contribution in [0.4, 0.5) is 5.69 Å². The third-order valence-electron chi connectivity index (χ3n) is 2.24. The fraction of sp³-hybridized carbons (Fsp3) is 0.182. The van der Waals surface area contributed by atoms with E-state index in [1.54, 1.807) is 17.0 Å². The molecule has 0 unspecified atom stereocenters. The van der Waals surface area contributed by atoms with Crippen molar-refractivity contribution in [3.8, 4) is 11.5 Å². The molecule has 0 aromatic heterocycles. The van der Waals surface area contributed by atoms with Gasteiger partial charge in [0.2, 0.25) is 0 Å². The van der Waals surface area contributed by atoms with Crippen LogP contribution in [0.25, 0.3) is 0 Å². The van der Waals surface area contributed by atoms with Gasteiger partial charge in [0, 0.05) is 30.8 Å². The summed E-state index contributed by atoms with van der Waals surface area (Å²) in [6.45, 7) is 0.533. The lowest BCUT2D eigenvalue weighted by atomic mass is 10.2. The molecule has 0 saturated carbocycles. The summed E-state index contributed by atoms with van der Waals surface area (Å²) in [6.07, 6.45) is 3.29. The van der Waals surface area contributed by atoms with Crippen LogP contribution >= 0.6 is 0 Å². The highest BCUT2D eigenvalue weighted by Crippen LogP contribution is 2.28. The highest BCUT2D eigenvalue weighted by Gasteiger charge is 2.17. The van der Waals surface area contributed by atoms with Crippen molar-refractivity contribution in [1.82, 2.24) is 0 Å². The molecule has 0 fully saturated rings. The van der Waals surface area contributed by atoms with Crippen molar-refractivity contribution < 1.29 is 14.6 Å². The second kappa shape index (κ2) is 3.65. The van der Waals surface area contributed by atoms with E-state index in [9.17, 15) is 9.90 Å². The molecule has 1 heterocycles. The van der Waals surface area contributed by atoms with Crippen molar-refractivity contribution in [3.05, 3.63) is 30.4 Å². The van der Waals surface area contributed by atoms with Gasteiger partial charge >= 0.3 is 0 Å². The van der Waals surface area contributed by atoms with E-state index in [2.05, 4.69) is 0 Å². The number of carbonyl (C=O) groups is 1. The quantitative estimate of drug-likeness (QED) is 0.791. The van der Waals surface area contributed by atoms with Crippen LogP contribution in [-0.2, 0) is 4.79 Å². The Hall–Kier alpha value is -1.97. The molecule has 1 aromatic rings. The molecule has 0 spiro atoms. The normalized spacial score (nSPS) is 14.7. The van der Waals surface area contributed by atoms with E-state index >= 15 is 0 Å². The zero-order chi connectivity index (χ0) is 10.8. The average molecular weight is 205 g/mol. The molecular formula is C11H11NO3. The van der Waals surface area contributed by atoms with E-state index in [0.29, 0.717) is 18.0 Å². The number of rotatable bonds is 2. The fourth-order valence-electron chi connectivity index (χ4n) is 1.51. The first-order valence-corrected chi connectivity index (χ1v) is 4.57. The molecule has 1 aliphatic heterocycles. The van der Waals surface area contributed by atoms with Crippen LogP contribution in [0.15, 0.2) is 30.4 Å². The number of hydrogen-bond acceptors (Lipinski definition) is 3. The highest BCUT2D eigenvalue weighted by molar-refractivity contribution is 6.04. The van der Waals surface area contributed by atoms with Crippen molar-refractivity contribution in [1.29, 1.82) is 0 Å². The summed E-state index contributed by atoms with van der Waals surface area (Å²) in [5.74, 6) is 0.538. The lowest BCUT2D eigenvalue weighted by Crippen LogP contribution is -2.24. The van der Waals surface area contributed by atoms with Crippen LogP contribution in [0.5, 0.6) is 11.5 Å². The highest BCUT2D eigenvalue weighted by atomic mass is 16.5. The number of phenolic OH excluding ortho intramolecular Hbond substituents is 1. The number of aromatic hydroxyl groups is 1. The maximum absolute atomic E-state index is 11.4. The molecule has 0 bridgehead atoms. The molecule has 4 heteroatoms. The summed E-state index contributed by atoms with van der Waals surface area (Å²) in [5.41, 5.74) is 0.641. The molecule has 78 valence electrons. The van der Waals surface area contributed by atoms with Crippen molar-refractivity contribution in [3.63, 3.8) is 0 Å². The van der Waals surface area contributed by atoms with Gasteiger partial charge in [-0.05, 0) is 0 Å². The molecule has 1 N–H and O–H groups in total. The van der Waals surface area contributed by atoms with E-state index in [0.717, 1.165) is 0 Å². The molecule has 0 atom stereocenters. The monoisotopic (exact) mass is 205 g/mol. The van der Waals surface area contributed by atoms with Crippen LogP contribution in [0.3, 0.4) is 0 Å². The van der Waals surface area contributed by atoms with Crippen LogP contribution in [0.2, 0.25) is 0 Å². The van der Waals surface area contributed by atoms with E-state index < -0.39 is 0 Å². The minimum atomic E-state index is -0.0809. The van der Waals surface area contributed by atoms with E-state index in [1.807, 2.05) is 0 Å². The third kappa shape index (κ3) is 1.79. The fourth-order valence-corrected chi connectivity index (χ4v) is 1.51. The standard InChI is InChI=1S/C11H11NO3/c1-15-10-6-8(5-9(13)7-10)12-4-2-3-11(12)14/h2-3,5-7,13H,4H2,1H3. The van der Waals surface area contributed by atoms with E-state index in [1.165, 1.54) is 25.3 Å². The number of phenols is 1. The third-order valence-corrected chi connectivity index (χ3v) is 2.24. The predicted octanol–water partition coefficient (Wildman–Crippen LogP) is 1.30. The second-order valence-corrected chi connectivity index (χ2v) is 3.24. The van der Waals surface area contributed by atoms with Crippen molar-refractivity contribution in [2.75, 3.05) is 18.6 Å². The van der Waals surface area contributed by atoms with Crippen molar-refractivity contribution in [2.45, 2.75) is 0 Å². The van der Waals surface area contributed by atoms with Crippen molar-refractivity contribution >= 4 is 11.6 Å². The molecule has 4 nitrogen and oxygen atoms in total. The number of benzene rings is 1. The SMILES string of the molecule is COc1cc(O)cc(N2CC=CC2=O)c1. The smallest absolute Gasteiger partial charge is 0.251 e. The lowest BCUT2D eigenvalue weighted by Gasteiger charge is -2.16.